The molecule has 1 N–H and O–H groups in total. The largest absolute Gasteiger partial charge is 0.382 e. The predicted molar refractivity (Wildman–Crippen MR) is 77.9 cm³/mol. The summed E-state index contributed by atoms with van der Waals surface area (Å²) in [5.41, 5.74) is 1.03. The fourth-order valence-electron chi connectivity index (χ4n) is 3.03. The Kier molecular flexibility index (Phi) is 5.08. The molecule has 0 amide bonds. The van der Waals surface area contributed by atoms with Gasteiger partial charge >= 0.3 is 0 Å². The van der Waals surface area contributed by atoms with Crippen molar-refractivity contribution in [2.75, 3.05) is 5.32 Å². The Labute approximate surface area is 118 Å². The molecular formula is C15H21F2NS. The summed E-state index contributed by atoms with van der Waals surface area (Å²) >= 11 is 0.593. The third kappa shape index (κ3) is 4.68. The Morgan fingerprint density at radius 3 is 2.16 bits per heavy atom. The molecule has 0 heterocycles. The monoisotopic (exact) mass is 285 g/mol. The van der Waals surface area contributed by atoms with E-state index in [2.05, 4.69) is 19.2 Å². The second-order valence-corrected chi connectivity index (χ2v) is 6.73. The second kappa shape index (κ2) is 6.60. The molecule has 1 aliphatic carbocycles. The van der Waals surface area contributed by atoms with Crippen molar-refractivity contribution in [3.63, 3.8) is 0 Å². The van der Waals surface area contributed by atoms with Crippen LogP contribution in [0.5, 0.6) is 0 Å². The minimum absolute atomic E-state index is 0.507. The number of alkyl halides is 2. The zero-order valence-corrected chi connectivity index (χ0v) is 12.2. The zero-order valence-electron chi connectivity index (χ0n) is 11.4. The van der Waals surface area contributed by atoms with Gasteiger partial charge in [0.05, 0.1) is 0 Å². The molecule has 106 valence electrons. The Hall–Kier alpha value is -0.770. The SMILES string of the molecule is CC1CC(C)CC(Nc2ccc(SC(F)F)cc2)C1. The smallest absolute Gasteiger partial charge is 0.288 e. The van der Waals surface area contributed by atoms with Crippen molar-refractivity contribution in [3.8, 4) is 0 Å². The van der Waals surface area contributed by atoms with Crippen LogP contribution in [-0.4, -0.2) is 11.8 Å². The molecule has 1 aliphatic rings. The molecule has 19 heavy (non-hydrogen) atoms. The number of nitrogens with one attached hydrogen (secondary N) is 1. The van der Waals surface area contributed by atoms with Crippen molar-refractivity contribution in [1.82, 2.24) is 0 Å². The van der Waals surface area contributed by atoms with Crippen LogP contribution in [0.25, 0.3) is 0 Å². The van der Waals surface area contributed by atoms with Gasteiger partial charge in [-0.25, -0.2) is 0 Å². The number of thioether (sulfide) groups is 1. The quantitative estimate of drug-likeness (QED) is 0.759. The maximum atomic E-state index is 12.2. The molecule has 1 aromatic carbocycles. The maximum absolute atomic E-state index is 12.2. The molecule has 1 fully saturated rings. The summed E-state index contributed by atoms with van der Waals surface area (Å²) in [5, 5.41) is 3.53. The molecule has 0 aromatic heterocycles. The van der Waals surface area contributed by atoms with Crippen molar-refractivity contribution >= 4 is 17.4 Å². The lowest BCUT2D eigenvalue weighted by Gasteiger charge is -2.32. The molecule has 1 aromatic rings. The van der Waals surface area contributed by atoms with Gasteiger partial charge < -0.3 is 5.32 Å². The fraction of sp³-hybridized carbons (Fsp3) is 0.600. The van der Waals surface area contributed by atoms with Crippen molar-refractivity contribution in [3.05, 3.63) is 24.3 Å². The molecule has 0 radical (unpaired) electrons. The van der Waals surface area contributed by atoms with Crippen LogP contribution < -0.4 is 5.32 Å². The molecule has 0 aliphatic heterocycles. The summed E-state index contributed by atoms with van der Waals surface area (Å²) in [4.78, 5) is 0.617. The molecule has 4 heteroatoms. The van der Waals surface area contributed by atoms with Gasteiger partial charge in [-0.3, -0.25) is 0 Å². The first kappa shape index (κ1) is 14.6. The third-order valence-electron chi connectivity index (χ3n) is 3.63. The van der Waals surface area contributed by atoms with Crippen molar-refractivity contribution in [2.24, 2.45) is 11.8 Å². The van der Waals surface area contributed by atoms with Gasteiger partial charge in [0, 0.05) is 16.6 Å². The lowest BCUT2D eigenvalue weighted by molar-refractivity contribution is 0.252. The molecule has 0 spiro atoms. The molecular weight excluding hydrogens is 264 g/mol. The highest BCUT2D eigenvalue weighted by Crippen LogP contribution is 2.31. The highest BCUT2D eigenvalue weighted by Gasteiger charge is 2.23. The number of benzene rings is 1. The van der Waals surface area contributed by atoms with E-state index in [4.69, 9.17) is 0 Å². The van der Waals surface area contributed by atoms with Crippen LogP contribution in [0.1, 0.15) is 33.1 Å². The first-order valence-electron chi connectivity index (χ1n) is 6.84. The van der Waals surface area contributed by atoms with E-state index < -0.39 is 5.76 Å². The first-order chi connectivity index (χ1) is 9.02. The van der Waals surface area contributed by atoms with E-state index in [0.29, 0.717) is 22.7 Å². The average molecular weight is 285 g/mol. The van der Waals surface area contributed by atoms with Gasteiger partial charge in [-0.1, -0.05) is 25.6 Å². The minimum atomic E-state index is -2.35. The van der Waals surface area contributed by atoms with Gasteiger partial charge in [0.15, 0.2) is 0 Å². The molecule has 0 bridgehead atoms. The van der Waals surface area contributed by atoms with Crippen LogP contribution in [0.4, 0.5) is 14.5 Å². The van der Waals surface area contributed by atoms with E-state index in [1.165, 1.54) is 19.3 Å². The van der Waals surface area contributed by atoms with E-state index in [9.17, 15) is 8.78 Å². The van der Waals surface area contributed by atoms with Gasteiger partial charge in [-0.2, -0.15) is 8.78 Å². The first-order valence-corrected chi connectivity index (χ1v) is 7.72. The molecule has 2 atom stereocenters. The lowest BCUT2D eigenvalue weighted by atomic mass is 9.80. The van der Waals surface area contributed by atoms with Crippen LogP contribution in [0.2, 0.25) is 0 Å². The highest BCUT2D eigenvalue weighted by molar-refractivity contribution is 7.99. The summed E-state index contributed by atoms with van der Waals surface area (Å²) in [7, 11) is 0. The highest BCUT2D eigenvalue weighted by atomic mass is 32.2. The molecule has 1 saturated carbocycles. The van der Waals surface area contributed by atoms with Crippen LogP contribution in [0, 0.1) is 11.8 Å². The minimum Gasteiger partial charge on any atom is -0.382 e. The summed E-state index contributed by atoms with van der Waals surface area (Å²) in [5.74, 6) is -0.830. The van der Waals surface area contributed by atoms with Crippen LogP contribution >= 0.6 is 11.8 Å². The Bertz CT molecular complexity index is 384. The Morgan fingerprint density at radius 1 is 1.05 bits per heavy atom. The third-order valence-corrected chi connectivity index (χ3v) is 4.35. The molecule has 1 nitrogen and oxygen atoms in total. The maximum Gasteiger partial charge on any atom is 0.288 e. The second-order valence-electron chi connectivity index (χ2n) is 5.66. The van der Waals surface area contributed by atoms with Crippen LogP contribution in [0.15, 0.2) is 29.2 Å². The van der Waals surface area contributed by atoms with Gasteiger partial charge in [0.2, 0.25) is 0 Å². The van der Waals surface area contributed by atoms with Crippen LogP contribution in [0.3, 0.4) is 0 Å². The van der Waals surface area contributed by atoms with Crippen molar-refractivity contribution < 1.29 is 8.78 Å². The summed E-state index contributed by atoms with van der Waals surface area (Å²) in [6.07, 6.45) is 3.69. The zero-order chi connectivity index (χ0) is 13.8. The lowest BCUT2D eigenvalue weighted by Crippen LogP contribution is -2.30. The average Bonchev–Trinajstić information content (AvgIpc) is 2.29. The molecule has 2 rings (SSSR count). The van der Waals surface area contributed by atoms with E-state index in [0.717, 1.165) is 17.5 Å². The normalized spacial score (nSPS) is 27.5. The van der Waals surface area contributed by atoms with Gasteiger partial charge in [-0.15, -0.1) is 0 Å². The summed E-state index contributed by atoms with van der Waals surface area (Å²) in [6, 6.07) is 7.82. The van der Waals surface area contributed by atoms with E-state index >= 15 is 0 Å². The van der Waals surface area contributed by atoms with Gasteiger partial charge in [0.25, 0.3) is 5.76 Å². The number of hydrogen-bond acceptors (Lipinski definition) is 2. The van der Waals surface area contributed by atoms with Crippen molar-refractivity contribution in [2.45, 2.75) is 49.8 Å². The molecule has 2 unspecified atom stereocenters. The Morgan fingerprint density at radius 2 is 1.63 bits per heavy atom. The molecule has 0 saturated heterocycles. The topological polar surface area (TPSA) is 12.0 Å². The summed E-state index contributed by atoms with van der Waals surface area (Å²) in [6.45, 7) is 4.60. The summed E-state index contributed by atoms with van der Waals surface area (Å²) < 4.78 is 24.5. The van der Waals surface area contributed by atoms with Crippen LogP contribution in [-0.2, 0) is 0 Å². The van der Waals surface area contributed by atoms with Crippen molar-refractivity contribution in [1.29, 1.82) is 0 Å². The van der Waals surface area contributed by atoms with E-state index in [1.807, 2.05) is 12.1 Å². The number of halogens is 2. The van der Waals surface area contributed by atoms with E-state index in [1.54, 1.807) is 12.1 Å². The van der Waals surface area contributed by atoms with Gasteiger partial charge in [-0.05, 0) is 55.4 Å². The standard InChI is InChI=1S/C15H21F2NS/c1-10-7-11(2)9-13(8-10)18-12-3-5-14(6-4-12)19-15(16)17/h3-6,10-11,13,15,18H,7-9H2,1-2H3. The van der Waals surface area contributed by atoms with Gasteiger partial charge in [0.1, 0.15) is 0 Å². The fourth-order valence-corrected chi connectivity index (χ4v) is 3.53. The van der Waals surface area contributed by atoms with E-state index in [-0.39, 0.29) is 0 Å². The number of rotatable bonds is 4. The number of hydrogen-bond donors (Lipinski definition) is 1. The Balaban J connectivity index is 1.92. The number of anilines is 1. The predicted octanol–water partition coefficient (Wildman–Crippen LogP) is 5.24.